The molecule has 0 aliphatic carbocycles. The molecule has 0 amide bonds. The van der Waals surface area contributed by atoms with Crippen LogP contribution in [-0.4, -0.2) is 0 Å². The van der Waals surface area contributed by atoms with Gasteiger partial charge in [0.2, 0.25) is 0 Å². The van der Waals surface area contributed by atoms with Crippen molar-refractivity contribution in [2.45, 2.75) is 26.8 Å². The normalized spacial score (nSPS) is 12.7. The van der Waals surface area contributed by atoms with Crippen LogP contribution in [-0.2, 0) is 0 Å². The summed E-state index contributed by atoms with van der Waals surface area (Å²) in [5, 5.41) is 2.17. The minimum Gasteiger partial charge on any atom is -0.271 e. The van der Waals surface area contributed by atoms with Crippen LogP contribution >= 0.6 is 33.9 Å². The van der Waals surface area contributed by atoms with Gasteiger partial charge in [0.1, 0.15) is 0 Å². The maximum absolute atomic E-state index is 5.76. The van der Waals surface area contributed by atoms with Crippen molar-refractivity contribution in [1.29, 1.82) is 0 Å². The maximum atomic E-state index is 5.76. The fourth-order valence-electron chi connectivity index (χ4n) is 2.13. The van der Waals surface area contributed by atoms with Crippen LogP contribution in [0.15, 0.2) is 23.6 Å². The zero-order valence-electron chi connectivity index (χ0n) is 10.8. The highest BCUT2D eigenvalue weighted by Crippen LogP contribution is 2.30. The number of thiophene rings is 1. The molecule has 2 aromatic rings. The Hall–Kier alpha value is -0.430. The third-order valence-electron chi connectivity index (χ3n) is 3.28. The van der Waals surface area contributed by atoms with Crippen molar-refractivity contribution in [3.63, 3.8) is 0 Å². The molecule has 1 atom stereocenters. The van der Waals surface area contributed by atoms with Crippen LogP contribution in [0.5, 0.6) is 0 Å². The van der Waals surface area contributed by atoms with Gasteiger partial charge >= 0.3 is 0 Å². The van der Waals surface area contributed by atoms with Gasteiger partial charge in [-0.15, -0.1) is 11.3 Å². The van der Waals surface area contributed by atoms with Crippen molar-refractivity contribution in [3.8, 4) is 0 Å². The Bertz CT molecular complexity index is 563. The largest absolute Gasteiger partial charge is 0.271 e. The lowest BCUT2D eigenvalue weighted by atomic mass is 9.93. The Morgan fingerprint density at radius 2 is 1.78 bits per heavy atom. The Morgan fingerprint density at radius 3 is 2.33 bits per heavy atom. The predicted octanol–water partition coefficient (Wildman–Crippen LogP) is 3.83. The zero-order valence-corrected chi connectivity index (χ0v) is 13.7. The summed E-state index contributed by atoms with van der Waals surface area (Å²) >= 11 is 4.09. The number of hydrazine groups is 1. The van der Waals surface area contributed by atoms with Crippen molar-refractivity contribution < 1.29 is 0 Å². The molecular weight excluding hydrogens is 355 g/mol. The van der Waals surface area contributed by atoms with Gasteiger partial charge in [0.25, 0.3) is 0 Å². The average molecular weight is 372 g/mol. The number of aryl methyl sites for hydroxylation is 3. The van der Waals surface area contributed by atoms with E-state index in [9.17, 15) is 0 Å². The van der Waals surface area contributed by atoms with Gasteiger partial charge in [0.05, 0.1) is 8.93 Å². The molecule has 2 rings (SSSR count). The van der Waals surface area contributed by atoms with E-state index in [1.165, 1.54) is 30.7 Å². The zero-order chi connectivity index (χ0) is 13.3. The number of benzene rings is 1. The van der Waals surface area contributed by atoms with Crippen molar-refractivity contribution in [3.05, 3.63) is 54.3 Å². The quantitative estimate of drug-likeness (QED) is 0.488. The van der Waals surface area contributed by atoms with E-state index < -0.39 is 0 Å². The second-order valence-electron chi connectivity index (χ2n) is 4.58. The molecule has 1 aromatic carbocycles. The number of nitrogens with two attached hydrogens (primary N) is 1. The fourth-order valence-corrected chi connectivity index (χ4v) is 3.53. The molecule has 0 saturated carbocycles. The van der Waals surface area contributed by atoms with Crippen molar-refractivity contribution >= 4 is 33.9 Å². The van der Waals surface area contributed by atoms with E-state index in [0.29, 0.717) is 0 Å². The van der Waals surface area contributed by atoms with Crippen molar-refractivity contribution in [2.24, 2.45) is 5.84 Å². The van der Waals surface area contributed by atoms with E-state index in [-0.39, 0.29) is 6.04 Å². The van der Waals surface area contributed by atoms with Gasteiger partial charge in [0, 0.05) is 0 Å². The standard InChI is InChI=1S/C14H17IN2S/c1-8-4-10(3)12(5-9(8)2)14(17-16)11-6-13(15)18-7-11/h4-7,14,17H,16H2,1-3H3. The molecule has 1 heterocycles. The van der Waals surface area contributed by atoms with Gasteiger partial charge in [-0.05, 0) is 82.6 Å². The first-order valence-corrected chi connectivity index (χ1v) is 7.76. The molecule has 0 bridgehead atoms. The molecule has 0 spiro atoms. The molecule has 0 radical (unpaired) electrons. The Morgan fingerprint density at radius 1 is 1.11 bits per heavy atom. The molecule has 0 fully saturated rings. The van der Waals surface area contributed by atoms with Crippen LogP contribution in [0.2, 0.25) is 0 Å². The summed E-state index contributed by atoms with van der Waals surface area (Å²) in [7, 11) is 0. The number of hydrogen-bond acceptors (Lipinski definition) is 3. The monoisotopic (exact) mass is 372 g/mol. The van der Waals surface area contributed by atoms with Crippen LogP contribution in [0.25, 0.3) is 0 Å². The molecule has 1 aromatic heterocycles. The first kappa shape index (κ1) is 14.0. The first-order chi connectivity index (χ1) is 8.52. The molecule has 0 saturated heterocycles. The summed E-state index contributed by atoms with van der Waals surface area (Å²) < 4.78 is 1.28. The second kappa shape index (κ2) is 5.69. The summed E-state index contributed by atoms with van der Waals surface area (Å²) in [6.07, 6.45) is 0. The van der Waals surface area contributed by atoms with Crippen LogP contribution in [0.3, 0.4) is 0 Å². The van der Waals surface area contributed by atoms with Gasteiger partial charge in [-0.25, -0.2) is 5.43 Å². The van der Waals surface area contributed by atoms with Gasteiger partial charge in [-0.2, -0.15) is 0 Å². The highest BCUT2D eigenvalue weighted by molar-refractivity contribution is 14.1. The van der Waals surface area contributed by atoms with Gasteiger partial charge < -0.3 is 0 Å². The lowest BCUT2D eigenvalue weighted by molar-refractivity contribution is 0.635. The summed E-state index contributed by atoms with van der Waals surface area (Å²) in [4.78, 5) is 0. The Labute approximate surface area is 126 Å². The van der Waals surface area contributed by atoms with E-state index in [2.05, 4.69) is 72.4 Å². The Kier molecular flexibility index (Phi) is 4.42. The number of hydrogen-bond donors (Lipinski definition) is 2. The van der Waals surface area contributed by atoms with Crippen LogP contribution in [0.4, 0.5) is 0 Å². The van der Waals surface area contributed by atoms with E-state index in [4.69, 9.17) is 5.84 Å². The third-order valence-corrected chi connectivity index (χ3v) is 5.09. The molecule has 3 N–H and O–H groups in total. The highest BCUT2D eigenvalue weighted by Gasteiger charge is 2.16. The van der Waals surface area contributed by atoms with E-state index in [0.717, 1.165) is 0 Å². The Balaban J connectivity index is 2.48. The van der Waals surface area contributed by atoms with Crippen LogP contribution in [0, 0.1) is 23.7 Å². The van der Waals surface area contributed by atoms with Crippen molar-refractivity contribution in [2.75, 3.05) is 0 Å². The predicted molar refractivity (Wildman–Crippen MR) is 86.9 cm³/mol. The van der Waals surface area contributed by atoms with Crippen LogP contribution in [0.1, 0.15) is 33.9 Å². The minimum atomic E-state index is 0.0732. The topological polar surface area (TPSA) is 38.0 Å². The lowest BCUT2D eigenvalue weighted by Crippen LogP contribution is -2.29. The molecule has 0 aliphatic heterocycles. The number of nitrogens with one attached hydrogen (secondary N) is 1. The fraction of sp³-hybridized carbons (Fsp3) is 0.286. The number of rotatable bonds is 3. The van der Waals surface area contributed by atoms with E-state index >= 15 is 0 Å². The summed E-state index contributed by atoms with van der Waals surface area (Å²) in [5.41, 5.74) is 9.34. The summed E-state index contributed by atoms with van der Waals surface area (Å²) in [5.74, 6) is 5.76. The molecule has 0 aliphatic rings. The minimum absolute atomic E-state index is 0.0732. The third kappa shape index (κ3) is 2.77. The van der Waals surface area contributed by atoms with Gasteiger partial charge in [-0.1, -0.05) is 12.1 Å². The molecule has 1 unspecified atom stereocenters. The van der Waals surface area contributed by atoms with Crippen LogP contribution < -0.4 is 11.3 Å². The average Bonchev–Trinajstić information content (AvgIpc) is 2.73. The molecule has 96 valence electrons. The number of halogens is 1. The lowest BCUT2D eigenvalue weighted by Gasteiger charge is -2.19. The highest BCUT2D eigenvalue weighted by atomic mass is 127. The summed E-state index contributed by atoms with van der Waals surface area (Å²) in [6, 6.07) is 6.72. The smallest absolute Gasteiger partial charge is 0.0721 e. The van der Waals surface area contributed by atoms with E-state index in [1.54, 1.807) is 11.3 Å². The molecular formula is C14H17IN2S. The van der Waals surface area contributed by atoms with Gasteiger partial charge in [-0.3, -0.25) is 5.84 Å². The molecule has 18 heavy (non-hydrogen) atoms. The SMILES string of the molecule is Cc1cc(C)c(C(NN)c2csc(I)c2)cc1C. The second-order valence-corrected chi connectivity index (χ2v) is 7.38. The maximum Gasteiger partial charge on any atom is 0.0721 e. The molecule has 4 heteroatoms. The van der Waals surface area contributed by atoms with Crippen molar-refractivity contribution in [1.82, 2.24) is 5.43 Å². The first-order valence-electron chi connectivity index (χ1n) is 5.80. The van der Waals surface area contributed by atoms with E-state index in [1.807, 2.05) is 0 Å². The molecule has 2 nitrogen and oxygen atoms in total. The van der Waals surface area contributed by atoms with Gasteiger partial charge in [0.15, 0.2) is 0 Å². The summed E-state index contributed by atoms with van der Waals surface area (Å²) in [6.45, 7) is 6.43.